The molecule has 0 bridgehead atoms. The summed E-state index contributed by atoms with van der Waals surface area (Å²) in [5.74, 6) is 0.536. The van der Waals surface area contributed by atoms with Gasteiger partial charge in [-0.3, -0.25) is 9.36 Å². The van der Waals surface area contributed by atoms with Crippen molar-refractivity contribution in [2.45, 2.75) is 37.9 Å². The van der Waals surface area contributed by atoms with Crippen LogP contribution >= 0.6 is 11.8 Å². The van der Waals surface area contributed by atoms with Gasteiger partial charge in [0.1, 0.15) is 18.2 Å². The van der Waals surface area contributed by atoms with E-state index in [0.29, 0.717) is 17.4 Å². The van der Waals surface area contributed by atoms with E-state index in [-0.39, 0.29) is 11.7 Å². The Bertz CT molecular complexity index is 1060. The minimum Gasteiger partial charge on any atom is -0.310 e. The van der Waals surface area contributed by atoms with Crippen molar-refractivity contribution >= 4 is 23.5 Å². The number of hydrogen-bond donors (Lipinski definition) is 1. The summed E-state index contributed by atoms with van der Waals surface area (Å²) in [5, 5.41) is 21.4. The van der Waals surface area contributed by atoms with Crippen molar-refractivity contribution in [1.82, 2.24) is 19.3 Å². The summed E-state index contributed by atoms with van der Waals surface area (Å²) in [4.78, 5) is 12.7. The molecule has 0 spiro atoms. The highest BCUT2D eigenvalue weighted by Crippen LogP contribution is 2.37. The van der Waals surface area contributed by atoms with Gasteiger partial charge < -0.3 is 9.88 Å². The maximum Gasteiger partial charge on any atom is 0.236 e. The summed E-state index contributed by atoms with van der Waals surface area (Å²) in [6.07, 6.45) is 3.98. The van der Waals surface area contributed by atoms with Crippen LogP contribution in [0.2, 0.25) is 0 Å². The topological polar surface area (TPSA) is 88.5 Å². The highest BCUT2D eigenvalue weighted by Gasteiger charge is 2.27. The number of nitrogens with one attached hydrogen (secondary N) is 1. The van der Waals surface area contributed by atoms with Gasteiger partial charge in [-0.05, 0) is 44.4 Å². The van der Waals surface area contributed by atoms with Gasteiger partial charge >= 0.3 is 0 Å². The molecule has 8 heteroatoms. The summed E-state index contributed by atoms with van der Waals surface area (Å²) < 4.78 is 3.95. The summed E-state index contributed by atoms with van der Waals surface area (Å²) in [6.45, 7) is 3.85. The summed E-state index contributed by atoms with van der Waals surface area (Å²) >= 11 is 1.36. The normalized spacial score (nSPS) is 13.3. The van der Waals surface area contributed by atoms with Crippen molar-refractivity contribution in [3.8, 4) is 11.8 Å². The Morgan fingerprint density at radius 2 is 2.07 bits per heavy atom. The maximum absolute atomic E-state index is 12.7. The van der Waals surface area contributed by atoms with Crippen LogP contribution < -0.4 is 5.32 Å². The van der Waals surface area contributed by atoms with E-state index in [1.54, 1.807) is 6.33 Å². The molecule has 1 aromatic carbocycles. The van der Waals surface area contributed by atoms with Gasteiger partial charge in [-0.25, -0.2) is 0 Å². The van der Waals surface area contributed by atoms with Crippen molar-refractivity contribution in [1.29, 1.82) is 5.26 Å². The predicted molar refractivity (Wildman–Crippen MR) is 108 cm³/mol. The standard InChI is InChI=1S/C20H20N6OS/c1-13-14(2)26(16-6-4-3-5-7-16)19(17(13)10-21)23-18(27)11-28-20-24-22-12-25(20)15-8-9-15/h3-7,12,15H,8-9,11H2,1-2H3,(H,23,27). The Balaban J connectivity index is 1.57. The summed E-state index contributed by atoms with van der Waals surface area (Å²) in [5.41, 5.74) is 3.18. The Labute approximate surface area is 167 Å². The van der Waals surface area contributed by atoms with Crippen LogP contribution in [-0.2, 0) is 4.79 Å². The van der Waals surface area contributed by atoms with Gasteiger partial charge in [-0.2, -0.15) is 5.26 Å². The first kappa shape index (κ1) is 18.3. The number of anilines is 1. The molecule has 7 nitrogen and oxygen atoms in total. The molecule has 0 aliphatic heterocycles. The van der Waals surface area contributed by atoms with E-state index < -0.39 is 0 Å². The Kier molecular flexibility index (Phi) is 4.92. The second-order valence-corrected chi connectivity index (χ2v) is 7.75. The fourth-order valence-corrected chi connectivity index (χ4v) is 3.98. The van der Waals surface area contributed by atoms with E-state index in [4.69, 9.17) is 0 Å². The number of rotatable bonds is 6. The second kappa shape index (κ2) is 7.52. The van der Waals surface area contributed by atoms with Crippen LogP contribution in [0.3, 0.4) is 0 Å². The predicted octanol–water partition coefficient (Wildman–Crippen LogP) is 3.62. The van der Waals surface area contributed by atoms with Gasteiger partial charge in [0.2, 0.25) is 5.91 Å². The van der Waals surface area contributed by atoms with Gasteiger partial charge in [0.15, 0.2) is 5.16 Å². The zero-order valence-corrected chi connectivity index (χ0v) is 16.5. The fourth-order valence-electron chi connectivity index (χ4n) is 3.20. The minimum absolute atomic E-state index is 0.179. The van der Waals surface area contributed by atoms with E-state index in [9.17, 15) is 10.1 Å². The number of carbonyl (C=O) groups is 1. The number of amides is 1. The number of aromatic nitrogens is 4. The van der Waals surface area contributed by atoms with Crippen molar-refractivity contribution in [3.05, 3.63) is 53.5 Å². The number of thioether (sulfide) groups is 1. The molecule has 4 rings (SSSR count). The quantitative estimate of drug-likeness (QED) is 0.647. The Morgan fingerprint density at radius 3 is 2.75 bits per heavy atom. The van der Waals surface area contributed by atoms with Crippen molar-refractivity contribution < 1.29 is 4.79 Å². The van der Waals surface area contributed by atoms with Gasteiger partial charge in [0.05, 0.1) is 11.3 Å². The lowest BCUT2D eigenvalue weighted by molar-refractivity contribution is -0.113. The molecule has 28 heavy (non-hydrogen) atoms. The smallest absolute Gasteiger partial charge is 0.236 e. The van der Waals surface area contributed by atoms with Gasteiger partial charge in [-0.1, -0.05) is 30.0 Å². The molecule has 2 aromatic heterocycles. The van der Waals surface area contributed by atoms with Crippen LogP contribution in [0, 0.1) is 25.2 Å². The van der Waals surface area contributed by atoms with Crippen molar-refractivity contribution in [2.24, 2.45) is 0 Å². The third-order valence-electron chi connectivity index (χ3n) is 4.91. The zero-order chi connectivity index (χ0) is 19.7. The molecule has 1 fully saturated rings. The molecular weight excluding hydrogens is 372 g/mol. The molecule has 0 saturated heterocycles. The first-order valence-corrected chi connectivity index (χ1v) is 10.1. The molecular formula is C20H20N6OS. The number of nitrogens with zero attached hydrogens (tertiary/aromatic N) is 5. The lowest BCUT2D eigenvalue weighted by Gasteiger charge is -2.13. The molecule has 142 valence electrons. The van der Waals surface area contributed by atoms with Crippen molar-refractivity contribution in [3.63, 3.8) is 0 Å². The summed E-state index contributed by atoms with van der Waals surface area (Å²) in [6, 6.07) is 12.4. The third kappa shape index (κ3) is 3.41. The number of carbonyl (C=O) groups excluding carboxylic acids is 1. The molecule has 2 heterocycles. The average molecular weight is 392 g/mol. The number of nitriles is 1. The molecule has 0 radical (unpaired) electrons. The van der Waals surface area contributed by atoms with Crippen LogP contribution in [0.1, 0.15) is 35.7 Å². The van der Waals surface area contributed by atoms with Crippen molar-refractivity contribution in [2.75, 3.05) is 11.1 Å². The van der Waals surface area contributed by atoms with Crippen LogP contribution in [0.5, 0.6) is 0 Å². The summed E-state index contributed by atoms with van der Waals surface area (Å²) in [7, 11) is 0. The molecule has 0 unspecified atom stereocenters. The first-order valence-electron chi connectivity index (χ1n) is 9.09. The van der Waals surface area contributed by atoms with Crippen LogP contribution in [-0.4, -0.2) is 31.0 Å². The average Bonchev–Trinajstić information content (AvgIpc) is 3.39. The molecule has 1 aliphatic carbocycles. The highest BCUT2D eigenvalue weighted by atomic mass is 32.2. The molecule has 1 amide bonds. The Morgan fingerprint density at radius 1 is 1.32 bits per heavy atom. The van der Waals surface area contributed by atoms with Gasteiger partial charge in [0, 0.05) is 17.4 Å². The minimum atomic E-state index is -0.179. The van der Waals surface area contributed by atoms with E-state index in [1.165, 1.54) is 11.8 Å². The van der Waals surface area contributed by atoms with Crippen LogP contribution in [0.25, 0.3) is 5.69 Å². The van der Waals surface area contributed by atoms with E-state index in [0.717, 1.165) is 34.9 Å². The SMILES string of the molecule is Cc1c(C#N)c(NC(=O)CSc2nncn2C2CC2)n(-c2ccccc2)c1C. The van der Waals surface area contributed by atoms with Crippen LogP contribution in [0.4, 0.5) is 5.82 Å². The van der Waals surface area contributed by atoms with Crippen LogP contribution in [0.15, 0.2) is 41.8 Å². The largest absolute Gasteiger partial charge is 0.310 e. The van der Waals surface area contributed by atoms with Gasteiger partial charge in [-0.15, -0.1) is 10.2 Å². The third-order valence-corrected chi connectivity index (χ3v) is 5.87. The number of hydrogen-bond acceptors (Lipinski definition) is 5. The van der Waals surface area contributed by atoms with E-state index in [2.05, 4.69) is 21.6 Å². The second-order valence-electron chi connectivity index (χ2n) is 6.81. The van der Waals surface area contributed by atoms with E-state index >= 15 is 0 Å². The molecule has 1 aliphatic rings. The van der Waals surface area contributed by atoms with Gasteiger partial charge in [0.25, 0.3) is 0 Å². The molecule has 0 atom stereocenters. The molecule has 3 aromatic rings. The monoisotopic (exact) mass is 392 g/mol. The Hall–Kier alpha value is -3.05. The first-order chi connectivity index (χ1) is 13.6. The number of benzene rings is 1. The highest BCUT2D eigenvalue weighted by molar-refractivity contribution is 7.99. The van der Waals surface area contributed by atoms with E-state index in [1.807, 2.05) is 53.3 Å². The lowest BCUT2D eigenvalue weighted by atomic mass is 10.2. The number of para-hydroxylation sites is 1. The zero-order valence-electron chi connectivity index (χ0n) is 15.7. The maximum atomic E-state index is 12.7. The molecule has 1 N–H and O–H groups in total. The molecule has 1 saturated carbocycles. The fraction of sp³-hybridized carbons (Fsp3) is 0.300. The lowest BCUT2D eigenvalue weighted by Crippen LogP contribution is -2.18.